The van der Waals surface area contributed by atoms with Crippen LogP contribution in [-0.4, -0.2) is 37.0 Å². The van der Waals surface area contributed by atoms with Gasteiger partial charge in [0.1, 0.15) is 0 Å². The first-order valence-corrected chi connectivity index (χ1v) is 12.7. The molecule has 0 radical (unpaired) electrons. The monoisotopic (exact) mass is 466 g/mol. The van der Waals surface area contributed by atoms with Crippen LogP contribution in [0, 0.1) is 0 Å². The summed E-state index contributed by atoms with van der Waals surface area (Å²) >= 11 is 0. The van der Waals surface area contributed by atoms with Gasteiger partial charge in [-0.05, 0) is 36.8 Å². The molecule has 2 rings (SSSR count). The molecule has 0 heterocycles. The highest BCUT2D eigenvalue weighted by atomic mass is 16.2. The summed E-state index contributed by atoms with van der Waals surface area (Å²) in [6.45, 7) is 1.38. The van der Waals surface area contributed by atoms with Crippen molar-refractivity contribution in [2.45, 2.75) is 76.3 Å². The number of nitrogens with two attached hydrogens (primary N) is 2. The van der Waals surface area contributed by atoms with Crippen LogP contribution in [0.5, 0.6) is 0 Å². The van der Waals surface area contributed by atoms with E-state index in [2.05, 4.69) is 10.6 Å². The van der Waals surface area contributed by atoms with Gasteiger partial charge in [0.15, 0.2) is 0 Å². The highest BCUT2D eigenvalue weighted by Crippen LogP contribution is 2.08. The molecule has 0 fully saturated rings. The molecule has 186 valence electrons. The maximum atomic E-state index is 12.1. The third-order valence-electron chi connectivity index (χ3n) is 5.97. The van der Waals surface area contributed by atoms with E-state index >= 15 is 0 Å². The molecule has 6 heteroatoms. The number of carbonyl (C=O) groups excluding carboxylic acids is 2. The average molecular weight is 467 g/mol. The van der Waals surface area contributed by atoms with Gasteiger partial charge in [0, 0.05) is 13.1 Å². The molecule has 2 atom stereocenters. The van der Waals surface area contributed by atoms with Crippen molar-refractivity contribution in [3.63, 3.8) is 0 Å². The lowest BCUT2D eigenvalue weighted by atomic mass is 10.1. The van der Waals surface area contributed by atoms with Crippen molar-refractivity contribution in [2.75, 3.05) is 13.1 Å². The van der Waals surface area contributed by atoms with Crippen molar-refractivity contribution in [3.8, 4) is 0 Å². The van der Waals surface area contributed by atoms with Crippen LogP contribution in [0.3, 0.4) is 0 Å². The molecular formula is C28H42N4O2. The summed E-state index contributed by atoms with van der Waals surface area (Å²) in [5, 5.41) is 5.90. The van der Waals surface area contributed by atoms with E-state index in [0.29, 0.717) is 25.9 Å². The van der Waals surface area contributed by atoms with Crippen LogP contribution < -0.4 is 22.1 Å². The minimum atomic E-state index is -0.494. The SMILES string of the molecule is N[C@H](Cc1ccccc1)C(=O)NCCCCCCCCCCNC(=O)[C@@H](N)Cc1ccccc1. The molecule has 0 aliphatic heterocycles. The molecule has 0 aliphatic rings. The zero-order chi connectivity index (χ0) is 24.4. The number of rotatable bonds is 17. The lowest BCUT2D eigenvalue weighted by molar-refractivity contribution is -0.123. The lowest BCUT2D eigenvalue weighted by Crippen LogP contribution is -2.42. The number of hydrogen-bond donors (Lipinski definition) is 4. The van der Waals surface area contributed by atoms with Gasteiger partial charge in [-0.15, -0.1) is 0 Å². The van der Waals surface area contributed by atoms with Crippen molar-refractivity contribution < 1.29 is 9.59 Å². The topological polar surface area (TPSA) is 110 Å². The Labute approximate surface area is 204 Å². The Bertz CT molecular complexity index is 744. The lowest BCUT2D eigenvalue weighted by Gasteiger charge is -2.12. The Hall–Kier alpha value is -2.70. The molecule has 2 aromatic rings. The molecule has 6 nitrogen and oxygen atoms in total. The predicted octanol–water partition coefficient (Wildman–Crippen LogP) is 3.48. The van der Waals surface area contributed by atoms with Crippen LogP contribution in [0.25, 0.3) is 0 Å². The normalized spacial score (nSPS) is 12.6. The standard InChI is InChI=1S/C28H42N4O2/c29-25(21-23-15-9-7-10-16-23)27(33)31-19-13-5-3-1-2-4-6-14-20-32-28(34)26(30)22-24-17-11-8-12-18-24/h7-12,15-18,25-26H,1-6,13-14,19-22,29-30H2,(H,31,33)(H,32,34)/t25-,26+. The molecule has 2 amide bonds. The Balaban J connectivity index is 1.37. The first kappa shape index (κ1) is 27.5. The molecular weight excluding hydrogens is 424 g/mol. The maximum Gasteiger partial charge on any atom is 0.237 e. The summed E-state index contributed by atoms with van der Waals surface area (Å²) in [5.74, 6) is -0.145. The molecule has 0 bridgehead atoms. The van der Waals surface area contributed by atoms with E-state index in [0.717, 1.165) is 36.8 Å². The van der Waals surface area contributed by atoms with Crippen LogP contribution in [0.15, 0.2) is 60.7 Å². The molecule has 0 aliphatic carbocycles. The zero-order valence-corrected chi connectivity index (χ0v) is 20.4. The summed E-state index contributed by atoms with van der Waals surface area (Å²) in [6, 6.07) is 18.7. The van der Waals surface area contributed by atoms with Gasteiger partial charge < -0.3 is 22.1 Å². The van der Waals surface area contributed by atoms with E-state index in [1.807, 2.05) is 60.7 Å². The first-order valence-electron chi connectivity index (χ1n) is 12.7. The zero-order valence-electron chi connectivity index (χ0n) is 20.4. The average Bonchev–Trinajstić information content (AvgIpc) is 2.85. The summed E-state index contributed by atoms with van der Waals surface area (Å²) < 4.78 is 0. The van der Waals surface area contributed by atoms with Gasteiger partial charge in [-0.1, -0.05) is 99.2 Å². The third kappa shape index (κ3) is 12.0. The van der Waals surface area contributed by atoms with Crippen molar-refractivity contribution in [1.82, 2.24) is 10.6 Å². The quantitative estimate of drug-likeness (QED) is 0.268. The van der Waals surface area contributed by atoms with Gasteiger partial charge >= 0.3 is 0 Å². The van der Waals surface area contributed by atoms with E-state index in [9.17, 15) is 9.59 Å². The number of benzene rings is 2. The fraction of sp³-hybridized carbons (Fsp3) is 0.500. The highest BCUT2D eigenvalue weighted by molar-refractivity contribution is 5.82. The highest BCUT2D eigenvalue weighted by Gasteiger charge is 2.14. The molecule has 0 unspecified atom stereocenters. The fourth-order valence-electron chi connectivity index (χ4n) is 3.92. The van der Waals surface area contributed by atoms with E-state index in [1.54, 1.807) is 0 Å². The summed E-state index contributed by atoms with van der Waals surface area (Å²) in [7, 11) is 0. The van der Waals surface area contributed by atoms with E-state index < -0.39 is 12.1 Å². The van der Waals surface area contributed by atoms with Gasteiger partial charge in [-0.3, -0.25) is 9.59 Å². The molecule has 0 aromatic heterocycles. The fourth-order valence-corrected chi connectivity index (χ4v) is 3.92. The molecule has 34 heavy (non-hydrogen) atoms. The van der Waals surface area contributed by atoms with Crippen LogP contribution in [0.2, 0.25) is 0 Å². The number of unbranched alkanes of at least 4 members (excludes halogenated alkanes) is 7. The van der Waals surface area contributed by atoms with E-state index in [-0.39, 0.29) is 11.8 Å². The van der Waals surface area contributed by atoms with Gasteiger partial charge in [0.25, 0.3) is 0 Å². The largest absolute Gasteiger partial charge is 0.355 e. The Morgan fingerprint density at radius 2 is 0.882 bits per heavy atom. The summed E-state index contributed by atoms with van der Waals surface area (Å²) in [6.07, 6.45) is 10.1. The van der Waals surface area contributed by atoms with Crippen LogP contribution in [-0.2, 0) is 22.4 Å². The molecule has 6 N–H and O–H groups in total. The molecule has 2 aromatic carbocycles. The van der Waals surface area contributed by atoms with Crippen LogP contribution in [0.4, 0.5) is 0 Å². The molecule has 0 saturated carbocycles. The number of hydrogen-bond acceptors (Lipinski definition) is 4. The Morgan fingerprint density at radius 3 is 1.24 bits per heavy atom. The first-order chi connectivity index (χ1) is 16.6. The van der Waals surface area contributed by atoms with E-state index in [4.69, 9.17) is 11.5 Å². The smallest absolute Gasteiger partial charge is 0.237 e. The number of nitrogens with one attached hydrogen (secondary N) is 2. The summed E-state index contributed by atoms with van der Waals surface area (Å²) in [4.78, 5) is 24.2. The predicted molar refractivity (Wildman–Crippen MR) is 139 cm³/mol. The van der Waals surface area contributed by atoms with Crippen LogP contribution in [0.1, 0.15) is 62.5 Å². The van der Waals surface area contributed by atoms with Crippen molar-refractivity contribution in [1.29, 1.82) is 0 Å². The second-order valence-corrected chi connectivity index (χ2v) is 9.00. The van der Waals surface area contributed by atoms with Crippen molar-refractivity contribution in [3.05, 3.63) is 71.8 Å². The number of amides is 2. The molecule has 0 saturated heterocycles. The maximum absolute atomic E-state index is 12.1. The third-order valence-corrected chi connectivity index (χ3v) is 5.97. The second kappa shape index (κ2) is 16.8. The van der Waals surface area contributed by atoms with Gasteiger partial charge in [-0.25, -0.2) is 0 Å². The molecule has 0 spiro atoms. The minimum Gasteiger partial charge on any atom is -0.355 e. The van der Waals surface area contributed by atoms with Crippen molar-refractivity contribution >= 4 is 11.8 Å². The van der Waals surface area contributed by atoms with Crippen molar-refractivity contribution in [2.24, 2.45) is 11.5 Å². The van der Waals surface area contributed by atoms with Gasteiger partial charge in [-0.2, -0.15) is 0 Å². The van der Waals surface area contributed by atoms with E-state index in [1.165, 1.54) is 25.7 Å². The van der Waals surface area contributed by atoms with Gasteiger partial charge in [0.05, 0.1) is 12.1 Å². The van der Waals surface area contributed by atoms with Gasteiger partial charge in [0.2, 0.25) is 11.8 Å². The van der Waals surface area contributed by atoms with Crippen LogP contribution >= 0.6 is 0 Å². The number of carbonyl (C=O) groups is 2. The Kier molecular flexibility index (Phi) is 13.6. The minimum absolute atomic E-state index is 0.0723. The summed E-state index contributed by atoms with van der Waals surface area (Å²) in [5.41, 5.74) is 14.2. The second-order valence-electron chi connectivity index (χ2n) is 9.00. The Morgan fingerprint density at radius 1 is 0.559 bits per heavy atom.